The van der Waals surface area contributed by atoms with E-state index in [2.05, 4.69) is 0 Å². The monoisotopic (exact) mass is 214 g/mol. The highest BCUT2D eigenvalue weighted by Gasteiger charge is 2.18. The summed E-state index contributed by atoms with van der Waals surface area (Å²) in [4.78, 5) is 0. The van der Waals surface area contributed by atoms with Gasteiger partial charge in [0.15, 0.2) is 0 Å². The van der Waals surface area contributed by atoms with Gasteiger partial charge in [-0.1, -0.05) is 30.7 Å². The Bertz CT molecular complexity index is 293. The zero-order chi connectivity index (χ0) is 10.6. The van der Waals surface area contributed by atoms with Crippen molar-refractivity contribution >= 4 is 18.7 Å². The van der Waals surface area contributed by atoms with E-state index in [1.54, 1.807) is 31.2 Å². The van der Waals surface area contributed by atoms with Crippen LogP contribution in [0.2, 0.25) is 10.8 Å². The number of rotatable bonds is 4. The molecule has 0 bridgehead atoms. The van der Waals surface area contributed by atoms with E-state index in [0.29, 0.717) is 10.8 Å². The predicted molar refractivity (Wildman–Crippen MR) is 56.6 cm³/mol. The lowest BCUT2D eigenvalue weighted by Crippen LogP contribution is -2.23. The summed E-state index contributed by atoms with van der Waals surface area (Å²) >= 11 is 5.84. The molecule has 0 radical (unpaired) electrons. The molecule has 0 aliphatic heterocycles. The molecule has 0 heterocycles. The highest BCUT2D eigenvalue weighted by atomic mass is 35.5. The molecule has 0 aliphatic carbocycles. The average molecular weight is 214 g/mol. The van der Waals surface area contributed by atoms with Gasteiger partial charge >= 0.3 is 7.12 Å². The van der Waals surface area contributed by atoms with Crippen LogP contribution in [0, 0.1) is 0 Å². The van der Waals surface area contributed by atoms with Gasteiger partial charge in [-0.25, -0.2) is 0 Å². The maximum atomic E-state index is 8.81. The summed E-state index contributed by atoms with van der Waals surface area (Å²) in [5, 5.41) is 18.1. The number of hydrogen-bond donors (Lipinski definition) is 2. The summed E-state index contributed by atoms with van der Waals surface area (Å²) in [6, 6.07) is 7.07. The summed E-state index contributed by atoms with van der Waals surface area (Å²) in [7, 11) is -1.36. The Hall–Kier alpha value is -0.705. The molecule has 0 aliphatic rings. The normalized spacial score (nSPS) is 12.3. The van der Waals surface area contributed by atoms with Crippen LogP contribution in [-0.2, 0) is 0 Å². The first-order chi connectivity index (χ1) is 6.61. The fourth-order valence-electron chi connectivity index (χ4n) is 0.869. The van der Waals surface area contributed by atoms with E-state index in [9.17, 15) is 0 Å². The van der Waals surface area contributed by atoms with Crippen molar-refractivity contribution in [3.63, 3.8) is 0 Å². The molecule has 0 unspecified atom stereocenters. The molecule has 0 spiro atoms. The van der Waals surface area contributed by atoms with Crippen LogP contribution < -0.4 is 4.74 Å². The van der Waals surface area contributed by atoms with E-state index >= 15 is 0 Å². The standard InChI is InChI=1S/C9H12BClO3/c1-7(10(12)13)6-14-9-5-3-2-4-8(9)11/h2-5,7,12-13H,6H2,1H3/t7-/m1/s1. The Kier molecular flexibility index (Phi) is 4.26. The minimum Gasteiger partial charge on any atom is -0.492 e. The molecule has 1 aromatic carbocycles. The largest absolute Gasteiger partial charge is 0.492 e. The molecule has 0 amide bonds. The minimum absolute atomic E-state index is 0.224. The van der Waals surface area contributed by atoms with Crippen LogP contribution in [0.25, 0.3) is 0 Å². The van der Waals surface area contributed by atoms with Gasteiger partial charge in [0.1, 0.15) is 5.75 Å². The van der Waals surface area contributed by atoms with Crippen LogP contribution in [0.3, 0.4) is 0 Å². The fraction of sp³-hybridized carbons (Fsp3) is 0.333. The first kappa shape index (κ1) is 11.4. The molecule has 2 N–H and O–H groups in total. The van der Waals surface area contributed by atoms with Gasteiger partial charge in [0.25, 0.3) is 0 Å². The number of ether oxygens (including phenoxy) is 1. The predicted octanol–water partition coefficient (Wildman–Crippen LogP) is 1.58. The zero-order valence-electron chi connectivity index (χ0n) is 7.85. The maximum Gasteiger partial charge on any atom is 0.457 e. The third kappa shape index (κ3) is 3.22. The van der Waals surface area contributed by atoms with Crippen molar-refractivity contribution < 1.29 is 14.8 Å². The Morgan fingerprint density at radius 3 is 2.64 bits per heavy atom. The Labute approximate surface area is 88.4 Å². The van der Waals surface area contributed by atoms with E-state index in [4.69, 9.17) is 26.4 Å². The maximum absolute atomic E-state index is 8.81. The molecule has 0 aromatic heterocycles. The first-order valence-electron chi connectivity index (χ1n) is 4.34. The molecule has 3 nitrogen and oxygen atoms in total. The van der Waals surface area contributed by atoms with E-state index in [1.165, 1.54) is 0 Å². The van der Waals surface area contributed by atoms with Gasteiger partial charge in [-0.2, -0.15) is 0 Å². The lowest BCUT2D eigenvalue weighted by atomic mass is 9.75. The van der Waals surface area contributed by atoms with Gasteiger partial charge in [-0.3, -0.25) is 0 Å². The highest BCUT2D eigenvalue weighted by Crippen LogP contribution is 2.24. The van der Waals surface area contributed by atoms with E-state index < -0.39 is 7.12 Å². The van der Waals surface area contributed by atoms with E-state index in [-0.39, 0.29) is 12.4 Å². The molecular formula is C9H12BClO3. The molecule has 0 saturated heterocycles. The summed E-state index contributed by atoms with van der Waals surface area (Å²) < 4.78 is 5.31. The summed E-state index contributed by atoms with van der Waals surface area (Å²) in [5.41, 5.74) is 0. The Morgan fingerprint density at radius 1 is 1.43 bits per heavy atom. The molecule has 1 atom stereocenters. The van der Waals surface area contributed by atoms with Crippen molar-refractivity contribution in [3.8, 4) is 5.75 Å². The van der Waals surface area contributed by atoms with Crippen molar-refractivity contribution in [2.45, 2.75) is 12.7 Å². The number of hydrogen-bond acceptors (Lipinski definition) is 3. The lowest BCUT2D eigenvalue weighted by molar-refractivity contribution is 0.287. The average Bonchev–Trinajstić information content (AvgIpc) is 2.16. The van der Waals surface area contributed by atoms with Gasteiger partial charge < -0.3 is 14.8 Å². The van der Waals surface area contributed by atoms with Crippen molar-refractivity contribution in [1.29, 1.82) is 0 Å². The van der Waals surface area contributed by atoms with Crippen molar-refractivity contribution in [2.24, 2.45) is 0 Å². The molecule has 1 rings (SSSR count). The first-order valence-corrected chi connectivity index (χ1v) is 4.72. The van der Waals surface area contributed by atoms with Crippen LogP contribution in [-0.4, -0.2) is 23.8 Å². The lowest BCUT2D eigenvalue weighted by Gasteiger charge is -2.12. The van der Waals surface area contributed by atoms with Crippen molar-refractivity contribution in [2.75, 3.05) is 6.61 Å². The second-order valence-electron chi connectivity index (χ2n) is 3.13. The van der Waals surface area contributed by atoms with Crippen LogP contribution in [0.1, 0.15) is 6.92 Å². The SMILES string of the molecule is C[C@H](COc1ccccc1Cl)B(O)O. The van der Waals surface area contributed by atoms with E-state index in [1.807, 2.05) is 0 Å². The summed E-state index contributed by atoms with van der Waals surface area (Å²) in [5.74, 6) is 0.216. The quantitative estimate of drug-likeness (QED) is 0.748. The number of benzene rings is 1. The molecule has 14 heavy (non-hydrogen) atoms. The Morgan fingerprint density at radius 2 is 2.07 bits per heavy atom. The Balaban J connectivity index is 2.50. The summed E-state index contributed by atoms with van der Waals surface area (Å²) in [6.45, 7) is 1.91. The fourth-order valence-corrected chi connectivity index (χ4v) is 1.06. The third-order valence-corrected chi connectivity index (χ3v) is 2.16. The summed E-state index contributed by atoms with van der Waals surface area (Å²) in [6.07, 6.45) is 0. The van der Waals surface area contributed by atoms with Crippen molar-refractivity contribution in [3.05, 3.63) is 29.3 Å². The second-order valence-corrected chi connectivity index (χ2v) is 3.54. The van der Waals surface area contributed by atoms with Gasteiger partial charge in [-0.05, 0) is 12.1 Å². The smallest absolute Gasteiger partial charge is 0.457 e. The van der Waals surface area contributed by atoms with Crippen LogP contribution in [0.5, 0.6) is 5.75 Å². The molecular weight excluding hydrogens is 202 g/mol. The van der Waals surface area contributed by atoms with E-state index in [0.717, 1.165) is 0 Å². The molecule has 1 aromatic rings. The number of para-hydroxylation sites is 1. The van der Waals surface area contributed by atoms with Gasteiger partial charge in [0, 0.05) is 5.82 Å². The van der Waals surface area contributed by atoms with Gasteiger partial charge in [0.2, 0.25) is 0 Å². The van der Waals surface area contributed by atoms with Crippen molar-refractivity contribution in [1.82, 2.24) is 0 Å². The van der Waals surface area contributed by atoms with Crippen LogP contribution in [0.4, 0.5) is 0 Å². The second kappa shape index (κ2) is 5.24. The van der Waals surface area contributed by atoms with Crippen LogP contribution >= 0.6 is 11.6 Å². The molecule has 5 heteroatoms. The number of halogens is 1. The van der Waals surface area contributed by atoms with Crippen LogP contribution in [0.15, 0.2) is 24.3 Å². The minimum atomic E-state index is -1.36. The third-order valence-electron chi connectivity index (χ3n) is 1.85. The van der Waals surface area contributed by atoms with Gasteiger partial charge in [-0.15, -0.1) is 0 Å². The molecule has 76 valence electrons. The molecule has 0 saturated carbocycles. The molecule has 0 fully saturated rings. The highest BCUT2D eigenvalue weighted by molar-refractivity contribution is 6.43. The van der Waals surface area contributed by atoms with Gasteiger partial charge in [0.05, 0.1) is 11.6 Å². The zero-order valence-corrected chi connectivity index (χ0v) is 8.61. The topological polar surface area (TPSA) is 49.7 Å².